The smallest absolute Gasteiger partial charge is 0.394 e. The first-order chi connectivity index (χ1) is 13.8. The molecular formula is C18H18ClF3N2O5S. The van der Waals surface area contributed by atoms with Crippen LogP contribution in [-0.2, 0) is 14.8 Å². The van der Waals surface area contributed by atoms with Crippen molar-refractivity contribution in [2.45, 2.75) is 29.6 Å². The number of hydrogen-bond acceptors (Lipinski definition) is 5. The van der Waals surface area contributed by atoms with Crippen molar-refractivity contribution in [2.75, 3.05) is 11.9 Å². The first kappa shape index (κ1) is 24.1. The lowest BCUT2D eigenvalue weighted by Gasteiger charge is -2.25. The number of benzene rings is 2. The molecule has 4 N–H and O–H groups in total. The number of carbonyl (C=O) groups excluding carboxylic acids is 1. The Morgan fingerprint density at radius 2 is 1.77 bits per heavy atom. The average Bonchev–Trinajstić information content (AvgIpc) is 2.67. The summed E-state index contributed by atoms with van der Waals surface area (Å²) in [5, 5.41) is 20.3. The van der Waals surface area contributed by atoms with Gasteiger partial charge in [-0.05, 0) is 30.7 Å². The molecule has 0 fully saturated rings. The molecule has 0 aliphatic carbocycles. The van der Waals surface area contributed by atoms with Crippen molar-refractivity contribution in [1.82, 2.24) is 4.72 Å². The molecule has 0 aliphatic heterocycles. The highest BCUT2D eigenvalue weighted by Crippen LogP contribution is 2.33. The lowest BCUT2D eigenvalue weighted by molar-refractivity contribution is -0.242. The molecule has 164 valence electrons. The number of carbonyl (C=O) groups is 1. The Morgan fingerprint density at radius 1 is 1.17 bits per heavy atom. The van der Waals surface area contributed by atoms with Crippen molar-refractivity contribution >= 4 is 33.2 Å². The largest absolute Gasteiger partial charge is 0.426 e. The third-order valence-electron chi connectivity index (χ3n) is 4.18. The summed E-state index contributed by atoms with van der Waals surface area (Å²) in [6.45, 7) is -0.255. The summed E-state index contributed by atoms with van der Waals surface area (Å²) in [5.41, 5.74) is -3.49. The van der Waals surface area contributed by atoms with Gasteiger partial charge in [0.1, 0.15) is 0 Å². The first-order valence-corrected chi connectivity index (χ1v) is 10.2. The van der Waals surface area contributed by atoms with Crippen molar-refractivity contribution in [3.63, 3.8) is 0 Å². The Morgan fingerprint density at radius 3 is 2.27 bits per heavy atom. The van der Waals surface area contributed by atoms with Gasteiger partial charge in [-0.15, -0.1) is 0 Å². The Bertz CT molecular complexity index is 1010. The van der Waals surface area contributed by atoms with Gasteiger partial charge in [0, 0.05) is 0 Å². The number of alkyl halides is 3. The van der Waals surface area contributed by atoms with Crippen LogP contribution in [0.25, 0.3) is 0 Å². The molecule has 0 saturated carbocycles. The number of amides is 1. The number of halogens is 4. The SMILES string of the molecule is C[C@@](O)(C(=O)Nc1ccc(S(=O)(=O)NC(CO)c2ccccc2)cc1Cl)C(F)(F)F. The Hall–Kier alpha value is -2.18. The topological polar surface area (TPSA) is 116 Å². The van der Waals surface area contributed by atoms with Crippen LogP contribution in [0.5, 0.6) is 0 Å². The molecule has 0 saturated heterocycles. The van der Waals surface area contributed by atoms with E-state index in [9.17, 15) is 36.6 Å². The van der Waals surface area contributed by atoms with Gasteiger partial charge in [0.15, 0.2) is 0 Å². The lowest BCUT2D eigenvalue weighted by atomic mass is 10.1. The summed E-state index contributed by atoms with van der Waals surface area (Å²) in [7, 11) is -4.18. The molecule has 12 heteroatoms. The average molecular weight is 467 g/mol. The van der Waals surface area contributed by atoms with Crippen LogP contribution in [0.1, 0.15) is 18.5 Å². The predicted octanol–water partition coefficient (Wildman–Crippen LogP) is 2.60. The van der Waals surface area contributed by atoms with E-state index < -0.39 is 40.4 Å². The van der Waals surface area contributed by atoms with Gasteiger partial charge in [0.25, 0.3) is 5.91 Å². The molecule has 7 nitrogen and oxygen atoms in total. The van der Waals surface area contributed by atoms with E-state index in [1.54, 1.807) is 30.3 Å². The molecule has 30 heavy (non-hydrogen) atoms. The zero-order chi connectivity index (χ0) is 22.7. The van der Waals surface area contributed by atoms with Crippen LogP contribution in [0.4, 0.5) is 18.9 Å². The van der Waals surface area contributed by atoms with Crippen LogP contribution in [0.15, 0.2) is 53.4 Å². The van der Waals surface area contributed by atoms with Gasteiger partial charge in [-0.25, -0.2) is 13.1 Å². The van der Waals surface area contributed by atoms with Gasteiger partial charge >= 0.3 is 6.18 Å². The van der Waals surface area contributed by atoms with Crippen molar-refractivity contribution < 1.29 is 36.6 Å². The van der Waals surface area contributed by atoms with E-state index in [2.05, 4.69) is 4.72 Å². The van der Waals surface area contributed by atoms with E-state index in [1.165, 1.54) is 0 Å². The molecule has 0 aliphatic rings. The number of hydrogen-bond donors (Lipinski definition) is 4. The summed E-state index contributed by atoms with van der Waals surface area (Å²) < 4.78 is 65.7. The molecule has 0 aromatic heterocycles. The molecule has 0 bridgehead atoms. The fourth-order valence-corrected chi connectivity index (χ4v) is 3.82. The molecule has 0 radical (unpaired) electrons. The minimum absolute atomic E-state index is 0.275. The number of rotatable bonds is 7. The molecule has 2 atom stereocenters. The minimum Gasteiger partial charge on any atom is -0.394 e. The van der Waals surface area contributed by atoms with Crippen molar-refractivity contribution in [2.24, 2.45) is 0 Å². The maximum absolute atomic E-state index is 12.8. The van der Waals surface area contributed by atoms with E-state index in [0.29, 0.717) is 5.56 Å². The zero-order valence-corrected chi connectivity index (χ0v) is 17.0. The Labute approximate surface area is 175 Å². The van der Waals surface area contributed by atoms with Gasteiger partial charge in [0.05, 0.1) is 28.3 Å². The van der Waals surface area contributed by atoms with E-state index in [-0.39, 0.29) is 22.5 Å². The second-order valence-corrected chi connectivity index (χ2v) is 8.55. The van der Waals surface area contributed by atoms with Gasteiger partial charge in [-0.2, -0.15) is 13.2 Å². The number of aliphatic hydroxyl groups is 2. The van der Waals surface area contributed by atoms with Crippen molar-refractivity contribution in [1.29, 1.82) is 0 Å². The summed E-state index contributed by atoms with van der Waals surface area (Å²) >= 11 is 5.91. The number of aliphatic hydroxyl groups excluding tert-OH is 1. The molecule has 2 rings (SSSR count). The molecule has 2 aromatic rings. The highest BCUT2D eigenvalue weighted by Gasteiger charge is 2.55. The molecule has 2 aromatic carbocycles. The molecule has 0 spiro atoms. The van der Waals surface area contributed by atoms with Crippen molar-refractivity contribution in [3.05, 3.63) is 59.1 Å². The van der Waals surface area contributed by atoms with Crippen LogP contribution < -0.4 is 10.0 Å². The first-order valence-electron chi connectivity index (χ1n) is 8.38. The summed E-state index contributed by atoms with van der Waals surface area (Å²) in [6, 6.07) is 10.2. The fraction of sp³-hybridized carbons (Fsp3) is 0.278. The molecular weight excluding hydrogens is 449 g/mol. The zero-order valence-electron chi connectivity index (χ0n) is 15.4. The molecule has 0 heterocycles. The maximum atomic E-state index is 12.8. The maximum Gasteiger partial charge on any atom is 0.426 e. The highest BCUT2D eigenvalue weighted by atomic mass is 35.5. The molecule has 1 amide bonds. The van der Waals surface area contributed by atoms with Gasteiger partial charge in [-0.3, -0.25) is 4.79 Å². The summed E-state index contributed by atoms with van der Waals surface area (Å²) in [4.78, 5) is 11.4. The predicted molar refractivity (Wildman–Crippen MR) is 103 cm³/mol. The van der Waals surface area contributed by atoms with Gasteiger partial charge < -0.3 is 15.5 Å². The van der Waals surface area contributed by atoms with Crippen LogP contribution in [0, 0.1) is 0 Å². The molecule has 1 unspecified atom stereocenters. The van der Waals surface area contributed by atoms with Crippen LogP contribution in [-0.4, -0.2) is 42.9 Å². The van der Waals surface area contributed by atoms with E-state index in [0.717, 1.165) is 18.2 Å². The highest BCUT2D eigenvalue weighted by molar-refractivity contribution is 7.89. The van der Waals surface area contributed by atoms with E-state index >= 15 is 0 Å². The van der Waals surface area contributed by atoms with E-state index in [4.69, 9.17) is 11.6 Å². The third-order valence-corrected chi connectivity index (χ3v) is 5.96. The fourth-order valence-electron chi connectivity index (χ4n) is 2.29. The Kier molecular flexibility index (Phi) is 7.15. The van der Waals surface area contributed by atoms with Crippen molar-refractivity contribution in [3.8, 4) is 0 Å². The minimum atomic E-state index is -5.23. The number of sulfonamides is 1. The van der Waals surface area contributed by atoms with Gasteiger partial charge in [0.2, 0.25) is 15.6 Å². The van der Waals surface area contributed by atoms with Gasteiger partial charge in [-0.1, -0.05) is 41.9 Å². The van der Waals surface area contributed by atoms with Crippen LogP contribution in [0.2, 0.25) is 5.02 Å². The second kappa shape index (κ2) is 8.90. The normalized spacial score (nSPS) is 15.3. The third kappa shape index (κ3) is 5.29. The Balaban J connectivity index is 2.24. The monoisotopic (exact) mass is 466 g/mol. The summed E-state index contributed by atoms with van der Waals surface area (Å²) in [6.07, 6.45) is -5.23. The standard InChI is InChI=1S/C18H18ClF3N2O5S/c1-17(27,18(20,21)22)16(26)23-14-8-7-12(9-13(14)19)30(28,29)24-15(10-25)11-5-3-2-4-6-11/h2-9,15,24-25,27H,10H2,1H3,(H,23,26)/t15?,17-/m1/s1. The lowest BCUT2D eigenvalue weighted by Crippen LogP contribution is -2.52. The van der Waals surface area contributed by atoms with E-state index in [1.807, 2.05) is 5.32 Å². The summed E-state index contributed by atoms with van der Waals surface area (Å²) in [5.74, 6) is -1.78. The van der Waals surface area contributed by atoms with Crippen LogP contribution in [0.3, 0.4) is 0 Å². The second-order valence-electron chi connectivity index (χ2n) is 6.43. The quantitative estimate of drug-likeness (QED) is 0.500. The number of anilines is 1. The van der Waals surface area contributed by atoms with Crippen LogP contribution >= 0.6 is 11.6 Å². The number of nitrogens with one attached hydrogen (secondary N) is 2.